The van der Waals surface area contributed by atoms with Gasteiger partial charge in [-0.3, -0.25) is 19.2 Å². The molecule has 2 aromatic rings. The molecule has 4 amide bonds. The molecule has 3 N–H and O–H groups in total. The van der Waals surface area contributed by atoms with Crippen LogP contribution in [0, 0.1) is 11.8 Å². The number of amides is 4. The highest BCUT2D eigenvalue weighted by molar-refractivity contribution is 6.07. The molecule has 0 bridgehead atoms. The molecule has 4 rings (SSSR count). The van der Waals surface area contributed by atoms with Crippen LogP contribution < -0.4 is 20.7 Å². The first-order valence-corrected chi connectivity index (χ1v) is 11.9. The highest BCUT2D eigenvalue weighted by atomic mass is 16.5. The van der Waals surface area contributed by atoms with Gasteiger partial charge in [0.2, 0.25) is 17.7 Å². The number of carbonyl (C=O) groups excluding carboxylic acids is 4. The molecule has 0 aliphatic carbocycles. The first-order chi connectivity index (χ1) is 16.9. The lowest BCUT2D eigenvalue weighted by Crippen LogP contribution is -2.42. The van der Waals surface area contributed by atoms with E-state index in [0.29, 0.717) is 55.2 Å². The fourth-order valence-corrected chi connectivity index (χ4v) is 4.62. The van der Waals surface area contributed by atoms with Crippen molar-refractivity contribution in [3.63, 3.8) is 0 Å². The zero-order valence-electron chi connectivity index (χ0n) is 19.7. The van der Waals surface area contributed by atoms with Crippen LogP contribution in [0.1, 0.15) is 36.5 Å². The monoisotopic (exact) mass is 478 g/mol. The van der Waals surface area contributed by atoms with Gasteiger partial charge >= 0.3 is 0 Å². The van der Waals surface area contributed by atoms with Gasteiger partial charge in [-0.2, -0.15) is 0 Å². The summed E-state index contributed by atoms with van der Waals surface area (Å²) >= 11 is 0. The van der Waals surface area contributed by atoms with Gasteiger partial charge in [-0.15, -0.1) is 0 Å². The Labute approximate surface area is 204 Å². The van der Waals surface area contributed by atoms with Gasteiger partial charge in [0, 0.05) is 32.0 Å². The number of hydrogen-bond acceptors (Lipinski definition) is 5. The van der Waals surface area contributed by atoms with Gasteiger partial charge in [-0.25, -0.2) is 0 Å². The second kappa shape index (κ2) is 10.6. The Kier molecular flexibility index (Phi) is 7.33. The number of likely N-dealkylation sites (tertiary alicyclic amines) is 1. The van der Waals surface area contributed by atoms with Crippen LogP contribution >= 0.6 is 0 Å². The van der Waals surface area contributed by atoms with Crippen LogP contribution in [0.5, 0.6) is 5.75 Å². The van der Waals surface area contributed by atoms with Gasteiger partial charge in [-0.1, -0.05) is 24.3 Å². The van der Waals surface area contributed by atoms with Crippen LogP contribution in [0.15, 0.2) is 48.5 Å². The maximum absolute atomic E-state index is 13.2. The fourth-order valence-electron chi connectivity index (χ4n) is 4.62. The Bertz CT molecular complexity index is 1130. The molecule has 184 valence electrons. The first kappa shape index (κ1) is 24.3. The minimum atomic E-state index is -0.563. The first-order valence-electron chi connectivity index (χ1n) is 11.9. The summed E-state index contributed by atoms with van der Waals surface area (Å²) in [6.45, 7) is 3.43. The van der Waals surface area contributed by atoms with E-state index in [1.807, 2.05) is 19.1 Å². The molecule has 9 nitrogen and oxygen atoms in total. The third-order valence-electron chi connectivity index (χ3n) is 6.55. The lowest BCUT2D eigenvalue weighted by Gasteiger charge is -2.31. The third-order valence-corrected chi connectivity index (χ3v) is 6.55. The second-order valence-corrected chi connectivity index (χ2v) is 8.81. The lowest BCUT2D eigenvalue weighted by molar-refractivity contribution is -0.123. The van der Waals surface area contributed by atoms with Crippen LogP contribution in [0.4, 0.5) is 11.4 Å². The van der Waals surface area contributed by atoms with Crippen molar-refractivity contribution in [2.75, 3.05) is 36.5 Å². The molecule has 1 unspecified atom stereocenters. The van der Waals surface area contributed by atoms with Gasteiger partial charge in [0.15, 0.2) is 0 Å². The maximum atomic E-state index is 13.2. The van der Waals surface area contributed by atoms with Crippen molar-refractivity contribution in [2.24, 2.45) is 17.6 Å². The van der Waals surface area contributed by atoms with Gasteiger partial charge in [0.25, 0.3) is 5.91 Å². The number of primary amides is 1. The highest BCUT2D eigenvalue weighted by Crippen LogP contribution is 2.33. The summed E-state index contributed by atoms with van der Waals surface area (Å²) in [5.41, 5.74) is 6.82. The Morgan fingerprint density at radius 1 is 1.03 bits per heavy atom. The van der Waals surface area contributed by atoms with Crippen molar-refractivity contribution in [3.05, 3.63) is 54.1 Å². The molecule has 0 aromatic heterocycles. The third kappa shape index (κ3) is 5.29. The average molecular weight is 479 g/mol. The number of para-hydroxylation sites is 3. The van der Waals surface area contributed by atoms with Crippen LogP contribution in [-0.2, 0) is 14.4 Å². The Morgan fingerprint density at radius 3 is 2.43 bits per heavy atom. The number of hydrogen-bond donors (Lipinski definition) is 2. The summed E-state index contributed by atoms with van der Waals surface area (Å²) < 4.78 is 5.65. The summed E-state index contributed by atoms with van der Waals surface area (Å²) in [6, 6.07) is 14.1. The smallest absolute Gasteiger partial charge is 0.255 e. The number of anilines is 2. The van der Waals surface area contributed by atoms with Crippen molar-refractivity contribution >= 4 is 35.0 Å². The number of piperidine rings is 1. The van der Waals surface area contributed by atoms with E-state index in [-0.39, 0.29) is 42.5 Å². The van der Waals surface area contributed by atoms with E-state index < -0.39 is 5.92 Å². The quantitative estimate of drug-likeness (QED) is 0.633. The summed E-state index contributed by atoms with van der Waals surface area (Å²) in [5, 5.41) is 2.86. The molecule has 2 fully saturated rings. The Balaban J connectivity index is 1.44. The molecule has 2 aromatic carbocycles. The van der Waals surface area contributed by atoms with E-state index in [2.05, 4.69) is 5.32 Å². The number of benzene rings is 2. The van der Waals surface area contributed by atoms with E-state index in [1.165, 1.54) is 0 Å². The van der Waals surface area contributed by atoms with Crippen molar-refractivity contribution < 1.29 is 23.9 Å². The molecular formula is C26H30N4O5. The Hall–Kier alpha value is -3.88. The number of nitrogens with zero attached hydrogens (tertiary/aromatic N) is 2. The van der Waals surface area contributed by atoms with Crippen molar-refractivity contribution in [1.82, 2.24) is 4.90 Å². The molecule has 0 saturated carbocycles. The molecule has 2 heterocycles. The van der Waals surface area contributed by atoms with Gasteiger partial charge in [-0.05, 0) is 44.0 Å². The molecule has 2 aliphatic rings. The van der Waals surface area contributed by atoms with Crippen LogP contribution in [0.3, 0.4) is 0 Å². The summed E-state index contributed by atoms with van der Waals surface area (Å²) in [6.07, 6.45) is 1.13. The molecule has 2 saturated heterocycles. The topological polar surface area (TPSA) is 122 Å². The number of carbonyl (C=O) groups is 4. The standard InChI is InChI=1S/C26H30N4O5/c1-2-35-22-10-6-5-9-21(22)30-16-18(15-23(30)31)25(33)28-20-8-4-3-7-19(20)26(34)29-13-11-17(12-14-29)24(27)32/h3-10,17-18H,2,11-16H2,1H3,(H2,27,32)(H,28,33). The normalized spacial score (nSPS) is 18.4. The predicted molar refractivity (Wildman–Crippen MR) is 131 cm³/mol. The van der Waals surface area contributed by atoms with Crippen LogP contribution in [0.2, 0.25) is 0 Å². The van der Waals surface area contributed by atoms with E-state index in [0.717, 1.165) is 0 Å². The van der Waals surface area contributed by atoms with Gasteiger partial charge < -0.3 is 25.6 Å². The summed E-state index contributed by atoms with van der Waals surface area (Å²) in [7, 11) is 0. The number of nitrogens with two attached hydrogens (primary N) is 1. The van der Waals surface area contributed by atoms with E-state index in [1.54, 1.807) is 46.2 Å². The van der Waals surface area contributed by atoms with Crippen LogP contribution in [-0.4, -0.2) is 54.8 Å². The zero-order valence-corrected chi connectivity index (χ0v) is 19.7. The molecule has 2 aliphatic heterocycles. The molecular weight excluding hydrogens is 448 g/mol. The minimum Gasteiger partial charge on any atom is -0.492 e. The average Bonchev–Trinajstić information content (AvgIpc) is 3.26. The van der Waals surface area contributed by atoms with Crippen LogP contribution in [0.25, 0.3) is 0 Å². The number of rotatable bonds is 7. The molecule has 0 radical (unpaired) electrons. The SMILES string of the molecule is CCOc1ccccc1N1CC(C(=O)Nc2ccccc2C(=O)N2CCC(C(N)=O)CC2)CC1=O. The van der Waals surface area contributed by atoms with Crippen molar-refractivity contribution in [2.45, 2.75) is 26.2 Å². The molecule has 1 atom stereocenters. The van der Waals surface area contributed by atoms with E-state index >= 15 is 0 Å². The molecule has 9 heteroatoms. The van der Waals surface area contributed by atoms with Gasteiger partial charge in [0.05, 0.1) is 29.5 Å². The lowest BCUT2D eigenvalue weighted by atomic mass is 9.95. The van der Waals surface area contributed by atoms with Gasteiger partial charge in [0.1, 0.15) is 5.75 Å². The number of ether oxygens (including phenoxy) is 1. The largest absolute Gasteiger partial charge is 0.492 e. The summed E-state index contributed by atoms with van der Waals surface area (Å²) in [5.74, 6) is -1.20. The Morgan fingerprint density at radius 2 is 1.71 bits per heavy atom. The molecule has 0 spiro atoms. The maximum Gasteiger partial charge on any atom is 0.255 e. The highest BCUT2D eigenvalue weighted by Gasteiger charge is 2.37. The zero-order chi connectivity index (χ0) is 24.9. The minimum absolute atomic E-state index is 0.0725. The number of nitrogens with one attached hydrogen (secondary N) is 1. The second-order valence-electron chi connectivity index (χ2n) is 8.81. The van der Waals surface area contributed by atoms with Crippen molar-refractivity contribution in [3.8, 4) is 5.75 Å². The fraction of sp³-hybridized carbons (Fsp3) is 0.385. The van der Waals surface area contributed by atoms with E-state index in [9.17, 15) is 19.2 Å². The predicted octanol–water partition coefficient (Wildman–Crippen LogP) is 2.41. The van der Waals surface area contributed by atoms with E-state index in [4.69, 9.17) is 10.5 Å². The summed E-state index contributed by atoms with van der Waals surface area (Å²) in [4.78, 5) is 53.7. The molecule has 35 heavy (non-hydrogen) atoms. The van der Waals surface area contributed by atoms with Crippen molar-refractivity contribution in [1.29, 1.82) is 0 Å².